The van der Waals surface area contributed by atoms with Gasteiger partial charge in [-0.05, 0) is 69.1 Å². The molecule has 0 aliphatic carbocycles. The summed E-state index contributed by atoms with van der Waals surface area (Å²) in [6.45, 7) is 4.77. The minimum Gasteiger partial charge on any atom is -0.489 e. The van der Waals surface area contributed by atoms with Crippen molar-refractivity contribution in [3.63, 3.8) is 0 Å². The number of benzene rings is 2. The smallest absolute Gasteiger partial charge is 0.206 e. The van der Waals surface area contributed by atoms with Crippen molar-refractivity contribution < 1.29 is 13.9 Å². The number of ketones is 1. The Labute approximate surface area is 184 Å². The molecule has 2 atom stereocenters. The molecule has 6 nitrogen and oxygen atoms in total. The maximum atomic E-state index is 13.8. The van der Waals surface area contributed by atoms with E-state index in [4.69, 9.17) is 10.5 Å². The van der Waals surface area contributed by atoms with Gasteiger partial charge in [-0.15, -0.1) is 0 Å². The third-order valence-corrected chi connectivity index (χ3v) is 6.37. The zero-order chi connectivity index (χ0) is 22.0. The van der Waals surface area contributed by atoms with E-state index in [1.807, 2.05) is 24.3 Å². The predicted molar refractivity (Wildman–Crippen MR) is 122 cm³/mol. The van der Waals surface area contributed by atoms with Gasteiger partial charge in [-0.2, -0.15) is 0 Å². The molecule has 0 bridgehead atoms. The van der Waals surface area contributed by atoms with Crippen LogP contribution in [0.3, 0.4) is 0 Å². The Morgan fingerprint density at radius 1 is 1.32 bits per heavy atom. The third-order valence-electron chi connectivity index (χ3n) is 5.39. The zero-order valence-corrected chi connectivity index (χ0v) is 18.3. The van der Waals surface area contributed by atoms with E-state index in [1.165, 1.54) is 12.5 Å². The number of halogens is 1. The highest BCUT2D eigenvalue weighted by atomic mass is 32.1. The number of hydrogen-bond acceptors (Lipinski definition) is 7. The second kappa shape index (κ2) is 9.03. The van der Waals surface area contributed by atoms with Crippen LogP contribution < -0.4 is 21.1 Å². The van der Waals surface area contributed by atoms with Crippen LogP contribution in [0.4, 0.5) is 21.0 Å². The summed E-state index contributed by atoms with van der Waals surface area (Å²) in [7, 11) is 0. The fourth-order valence-electron chi connectivity index (χ4n) is 3.56. The van der Waals surface area contributed by atoms with E-state index in [-0.39, 0.29) is 28.1 Å². The second-order valence-corrected chi connectivity index (χ2v) is 8.70. The van der Waals surface area contributed by atoms with Crippen molar-refractivity contribution in [3.05, 3.63) is 64.3 Å². The number of nitrogens with zero attached hydrogens (tertiary/aromatic N) is 1. The molecule has 0 radical (unpaired) electrons. The van der Waals surface area contributed by atoms with Crippen LogP contribution >= 0.6 is 11.3 Å². The Balaban J connectivity index is 1.42. The van der Waals surface area contributed by atoms with Crippen LogP contribution in [0.5, 0.6) is 5.75 Å². The first kappa shape index (κ1) is 21.3. The van der Waals surface area contributed by atoms with E-state index in [1.54, 1.807) is 19.1 Å². The molecule has 2 unspecified atom stereocenters. The standard InChI is InChI=1S/C23H25FN4O2S/c1-13-5-6-15(12-18(13)24)20(29)21-22(25)28-23(31-21)27-16-7-9-17(10-8-16)30-14(2)19-4-3-11-26-19/h5-10,12,14,19,26H,3-4,11,25H2,1-2H3,(H,27,28). The number of rotatable bonds is 7. The largest absolute Gasteiger partial charge is 0.489 e. The zero-order valence-electron chi connectivity index (χ0n) is 17.4. The summed E-state index contributed by atoms with van der Waals surface area (Å²) in [5, 5.41) is 7.10. The topological polar surface area (TPSA) is 89.3 Å². The number of aryl methyl sites for hydroxylation is 1. The van der Waals surface area contributed by atoms with Gasteiger partial charge in [0.2, 0.25) is 5.78 Å². The number of ether oxygens (including phenoxy) is 1. The fourth-order valence-corrected chi connectivity index (χ4v) is 4.43. The van der Waals surface area contributed by atoms with Crippen LogP contribution in [0.15, 0.2) is 42.5 Å². The molecular formula is C23H25FN4O2S. The molecule has 8 heteroatoms. The Morgan fingerprint density at radius 3 is 2.77 bits per heavy atom. The molecule has 1 saturated heterocycles. The normalized spacial score (nSPS) is 16.8. The molecule has 3 aromatic rings. The molecule has 0 spiro atoms. The van der Waals surface area contributed by atoms with Gasteiger partial charge in [0.1, 0.15) is 28.4 Å². The molecule has 1 aliphatic heterocycles. The van der Waals surface area contributed by atoms with Crippen molar-refractivity contribution in [2.45, 2.75) is 38.8 Å². The monoisotopic (exact) mass is 440 g/mol. The molecule has 162 valence electrons. The Kier molecular flexibility index (Phi) is 6.20. The van der Waals surface area contributed by atoms with Crippen LogP contribution in [0, 0.1) is 12.7 Å². The molecular weight excluding hydrogens is 415 g/mol. The van der Waals surface area contributed by atoms with Crippen molar-refractivity contribution in [1.82, 2.24) is 10.3 Å². The number of nitrogen functional groups attached to an aromatic ring is 1. The fraction of sp³-hybridized carbons (Fsp3) is 0.304. The third kappa shape index (κ3) is 4.86. The lowest BCUT2D eigenvalue weighted by Crippen LogP contribution is -2.36. The average molecular weight is 441 g/mol. The molecule has 1 aromatic heterocycles. The number of carbonyl (C=O) groups is 1. The summed E-state index contributed by atoms with van der Waals surface area (Å²) < 4.78 is 19.9. The molecule has 4 rings (SSSR count). The first-order valence-corrected chi connectivity index (χ1v) is 11.1. The molecule has 1 aliphatic rings. The van der Waals surface area contributed by atoms with Gasteiger partial charge in [-0.1, -0.05) is 23.5 Å². The molecule has 2 heterocycles. The summed E-state index contributed by atoms with van der Waals surface area (Å²) in [6.07, 6.45) is 2.41. The van der Waals surface area contributed by atoms with E-state index >= 15 is 0 Å². The number of nitrogens with one attached hydrogen (secondary N) is 2. The molecule has 1 fully saturated rings. The van der Waals surface area contributed by atoms with Crippen LogP contribution in [-0.2, 0) is 0 Å². The van der Waals surface area contributed by atoms with Crippen LogP contribution in [0.2, 0.25) is 0 Å². The van der Waals surface area contributed by atoms with Crippen molar-refractivity contribution in [1.29, 1.82) is 0 Å². The molecule has 0 amide bonds. The van der Waals surface area contributed by atoms with Crippen molar-refractivity contribution in [2.24, 2.45) is 0 Å². The first-order valence-electron chi connectivity index (χ1n) is 10.2. The maximum Gasteiger partial charge on any atom is 0.206 e. The Hall–Kier alpha value is -2.97. The maximum absolute atomic E-state index is 13.8. The Morgan fingerprint density at radius 2 is 2.10 bits per heavy atom. The lowest BCUT2D eigenvalue weighted by Gasteiger charge is -2.21. The van der Waals surface area contributed by atoms with Gasteiger partial charge in [-0.3, -0.25) is 4.79 Å². The number of carbonyl (C=O) groups excluding carboxylic acids is 1. The number of nitrogens with two attached hydrogens (primary N) is 1. The molecule has 0 saturated carbocycles. The van der Waals surface area contributed by atoms with Crippen LogP contribution in [0.25, 0.3) is 0 Å². The lowest BCUT2D eigenvalue weighted by atomic mass is 10.1. The minimum atomic E-state index is -0.423. The number of anilines is 3. The first-order chi connectivity index (χ1) is 14.9. The molecule has 2 aromatic carbocycles. The highest BCUT2D eigenvalue weighted by molar-refractivity contribution is 7.18. The van der Waals surface area contributed by atoms with Crippen molar-refractivity contribution in [3.8, 4) is 5.75 Å². The van der Waals surface area contributed by atoms with Gasteiger partial charge in [0.25, 0.3) is 0 Å². The molecule has 4 N–H and O–H groups in total. The minimum absolute atomic E-state index is 0.0975. The average Bonchev–Trinajstić information content (AvgIpc) is 3.41. The number of thiazole rings is 1. The van der Waals surface area contributed by atoms with Crippen LogP contribution in [0.1, 0.15) is 40.6 Å². The Bertz CT molecular complexity index is 1080. The summed E-state index contributed by atoms with van der Waals surface area (Å²) in [4.78, 5) is 17.3. The SMILES string of the molecule is Cc1ccc(C(=O)c2sc(Nc3ccc(OC(C)C4CCCN4)cc3)nc2N)cc1F. The van der Waals surface area contributed by atoms with Crippen molar-refractivity contribution >= 4 is 33.8 Å². The van der Waals surface area contributed by atoms with Gasteiger partial charge in [0.05, 0.1) is 0 Å². The summed E-state index contributed by atoms with van der Waals surface area (Å²) in [6, 6.07) is 12.3. The van der Waals surface area contributed by atoms with E-state index in [0.29, 0.717) is 16.7 Å². The number of aromatic nitrogens is 1. The summed E-state index contributed by atoms with van der Waals surface area (Å²) in [5.74, 6) is 0.145. The predicted octanol–water partition coefficient (Wildman–Crippen LogP) is 4.67. The molecule has 31 heavy (non-hydrogen) atoms. The van der Waals surface area contributed by atoms with Gasteiger partial charge in [0, 0.05) is 17.3 Å². The highest BCUT2D eigenvalue weighted by Gasteiger charge is 2.22. The van der Waals surface area contributed by atoms with Crippen LogP contribution in [-0.4, -0.2) is 29.5 Å². The van der Waals surface area contributed by atoms with E-state index in [2.05, 4.69) is 22.5 Å². The van der Waals surface area contributed by atoms with E-state index in [0.717, 1.165) is 35.7 Å². The van der Waals surface area contributed by atoms with Gasteiger partial charge < -0.3 is 21.1 Å². The summed E-state index contributed by atoms with van der Waals surface area (Å²) in [5.41, 5.74) is 7.49. The number of hydrogen-bond donors (Lipinski definition) is 3. The van der Waals surface area contributed by atoms with E-state index < -0.39 is 5.82 Å². The lowest BCUT2D eigenvalue weighted by molar-refractivity contribution is 0.104. The summed E-state index contributed by atoms with van der Waals surface area (Å²) >= 11 is 1.14. The van der Waals surface area contributed by atoms with Gasteiger partial charge in [0.15, 0.2) is 5.13 Å². The second-order valence-electron chi connectivity index (χ2n) is 7.70. The van der Waals surface area contributed by atoms with Gasteiger partial charge in [-0.25, -0.2) is 9.37 Å². The van der Waals surface area contributed by atoms with Crippen molar-refractivity contribution in [2.75, 3.05) is 17.6 Å². The van der Waals surface area contributed by atoms with Gasteiger partial charge >= 0.3 is 0 Å². The van der Waals surface area contributed by atoms with E-state index in [9.17, 15) is 9.18 Å². The highest BCUT2D eigenvalue weighted by Crippen LogP contribution is 2.30. The quantitative estimate of drug-likeness (QED) is 0.463.